The predicted molar refractivity (Wildman–Crippen MR) is 139 cm³/mol. The second kappa shape index (κ2) is 11.2. The fourth-order valence-electron chi connectivity index (χ4n) is 4.55. The van der Waals surface area contributed by atoms with Gasteiger partial charge in [-0.2, -0.15) is 0 Å². The summed E-state index contributed by atoms with van der Waals surface area (Å²) in [5.41, 5.74) is 7.33. The molecule has 0 radical (unpaired) electrons. The first-order chi connectivity index (χ1) is 13.6. The molecule has 0 aromatic heterocycles. The first-order valence-electron chi connectivity index (χ1n) is 10.5. The first kappa shape index (κ1) is 26.6. The maximum atomic E-state index is 4.01. The van der Waals surface area contributed by atoms with E-state index >= 15 is 0 Å². The normalized spacial score (nSPS) is 15.6. The predicted octanol–water partition coefficient (Wildman–Crippen LogP) is 6.66. The van der Waals surface area contributed by atoms with Crippen molar-refractivity contribution in [1.82, 2.24) is 3.80 Å². The van der Waals surface area contributed by atoms with Gasteiger partial charge < -0.3 is 0 Å². The molecule has 0 heterocycles. The van der Waals surface area contributed by atoms with Gasteiger partial charge in [-0.25, -0.2) is 0 Å². The summed E-state index contributed by atoms with van der Waals surface area (Å²) in [4.78, 5) is 0. The van der Waals surface area contributed by atoms with Gasteiger partial charge in [-0.3, -0.25) is 0 Å². The van der Waals surface area contributed by atoms with Crippen molar-refractivity contribution in [2.24, 2.45) is 0 Å². The maximum absolute atomic E-state index is 4.01. The van der Waals surface area contributed by atoms with E-state index in [4.69, 9.17) is 0 Å². The molecule has 2 aromatic rings. The summed E-state index contributed by atoms with van der Waals surface area (Å²) in [6.45, 7) is 14.6. The Morgan fingerprint density at radius 3 is 2.13 bits per heavy atom. The zero-order valence-corrected chi connectivity index (χ0v) is 20.8. The summed E-state index contributed by atoms with van der Waals surface area (Å²) in [7, 11) is 0. The van der Waals surface area contributed by atoms with Gasteiger partial charge in [0, 0.05) is 0 Å². The Morgan fingerprint density at radius 1 is 1.00 bits per heavy atom. The summed E-state index contributed by atoms with van der Waals surface area (Å²) in [6, 6.07) is 17.6. The van der Waals surface area contributed by atoms with Gasteiger partial charge in [-0.1, -0.05) is 24.8 Å². The molecule has 0 bridgehead atoms. The molecule has 1 N–H and O–H groups in total. The monoisotopic (exact) mass is 455 g/mol. The molecular weight excluding hydrogens is 414 g/mol. The average molecular weight is 456 g/mol. The van der Waals surface area contributed by atoms with E-state index in [0.29, 0.717) is 4.22 Å². The largest absolute Gasteiger partial charge is 0.0149 e. The molecule has 1 aliphatic rings. The van der Waals surface area contributed by atoms with Gasteiger partial charge in [0.25, 0.3) is 0 Å². The summed E-state index contributed by atoms with van der Waals surface area (Å²) in [5, 5.41) is 5.02. The second-order valence-corrected chi connectivity index (χ2v) is 16.0. The third-order valence-corrected chi connectivity index (χ3v) is 10.7. The van der Waals surface area contributed by atoms with Crippen LogP contribution in [0, 0.1) is 0 Å². The van der Waals surface area contributed by atoms with Crippen molar-refractivity contribution in [2.45, 2.75) is 54.8 Å². The van der Waals surface area contributed by atoms with E-state index < -0.39 is 16.8 Å². The molecule has 162 valence electrons. The summed E-state index contributed by atoms with van der Waals surface area (Å²) in [5.74, 6) is 0. The smallest absolute Gasteiger partial charge is 0.0149 e. The molecular formula is C27H41NSiTi. The van der Waals surface area contributed by atoms with E-state index in [1.807, 2.05) is 19.1 Å². The number of nitrogens with one attached hydrogen (secondary N) is 1. The van der Waals surface area contributed by atoms with Crippen LogP contribution in [0.25, 0.3) is 17.2 Å². The summed E-state index contributed by atoms with van der Waals surface area (Å²) >= 11 is -2.24. The topological polar surface area (TPSA) is 12.0 Å². The quantitative estimate of drug-likeness (QED) is 0.401. The minimum Gasteiger partial charge on any atom is -0.0149 e. The molecule has 2 aromatic carbocycles. The third kappa shape index (κ3) is 6.78. The Bertz CT molecular complexity index is 889. The zero-order chi connectivity index (χ0) is 21.7. The number of benzene rings is 2. The van der Waals surface area contributed by atoms with Crippen LogP contribution in [0.5, 0.6) is 0 Å². The van der Waals surface area contributed by atoms with E-state index in [1.165, 1.54) is 27.8 Å². The molecule has 1 unspecified atom stereocenters. The van der Waals surface area contributed by atoms with E-state index in [2.05, 4.69) is 103 Å². The van der Waals surface area contributed by atoms with Crippen molar-refractivity contribution in [3.8, 4) is 11.1 Å². The van der Waals surface area contributed by atoms with Gasteiger partial charge in [0.1, 0.15) is 0 Å². The Kier molecular flexibility index (Phi) is 9.97. The second-order valence-electron chi connectivity index (χ2n) is 9.35. The molecule has 1 atom stereocenters. The minimum absolute atomic E-state index is 0. The Hall–Kier alpha value is -1.45. The van der Waals surface area contributed by atoms with Gasteiger partial charge >= 0.3 is 151 Å². The molecule has 0 fully saturated rings. The number of hydrogen-bond acceptors (Lipinski definition) is 1. The van der Waals surface area contributed by atoms with Gasteiger partial charge in [0.2, 0.25) is 0 Å². The van der Waals surface area contributed by atoms with Crippen LogP contribution in [0.15, 0.2) is 78.9 Å². The summed E-state index contributed by atoms with van der Waals surface area (Å²) in [6.07, 6.45) is 8.01. The maximum Gasteiger partial charge on any atom is -0.0149 e. The Balaban J connectivity index is 0.000000674. The van der Waals surface area contributed by atoms with Crippen LogP contribution in [0.2, 0.25) is 10.5 Å². The molecule has 3 heteroatoms. The average Bonchev–Trinajstić information content (AvgIpc) is 2.98. The van der Waals surface area contributed by atoms with Crippen LogP contribution in [0.1, 0.15) is 50.0 Å². The van der Waals surface area contributed by atoms with Crippen molar-refractivity contribution >= 4 is 17.0 Å². The van der Waals surface area contributed by atoms with Crippen molar-refractivity contribution in [1.29, 1.82) is 0 Å². The zero-order valence-electron chi connectivity index (χ0n) is 19.2. The molecule has 0 saturated carbocycles. The molecule has 0 spiro atoms. The van der Waals surface area contributed by atoms with Crippen LogP contribution in [0.4, 0.5) is 0 Å². The van der Waals surface area contributed by atoms with Crippen molar-refractivity contribution < 1.29 is 16.8 Å². The van der Waals surface area contributed by atoms with E-state index in [-0.39, 0.29) is 16.5 Å². The van der Waals surface area contributed by atoms with Gasteiger partial charge in [0.15, 0.2) is 0 Å². The molecule has 0 aliphatic heterocycles. The first-order valence-corrected chi connectivity index (χ1v) is 15.3. The van der Waals surface area contributed by atoms with E-state index in [9.17, 15) is 0 Å². The molecule has 1 aliphatic carbocycles. The number of hydrogen-bond donors (Lipinski definition) is 1. The minimum atomic E-state index is -2.24. The molecule has 30 heavy (non-hydrogen) atoms. The van der Waals surface area contributed by atoms with Crippen LogP contribution in [-0.4, -0.2) is 16.5 Å². The Labute approximate surface area is 193 Å². The molecule has 1 nitrogen and oxygen atoms in total. The van der Waals surface area contributed by atoms with Crippen LogP contribution in [0.3, 0.4) is 0 Å². The third-order valence-electron chi connectivity index (χ3n) is 5.11. The fourth-order valence-corrected chi connectivity index (χ4v) is 11.3. The van der Waals surface area contributed by atoms with Gasteiger partial charge in [-0.05, 0) is 17.9 Å². The number of rotatable bonds is 4. The number of fused-ring (bicyclic) bond motifs is 1. The molecule has 0 saturated heterocycles. The van der Waals surface area contributed by atoms with E-state index in [0.717, 1.165) is 0 Å². The molecule has 3 rings (SSSR count). The van der Waals surface area contributed by atoms with Crippen molar-refractivity contribution in [3.05, 3.63) is 90.0 Å². The van der Waals surface area contributed by atoms with Gasteiger partial charge in [0.05, 0.1) is 0 Å². The van der Waals surface area contributed by atoms with E-state index in [1.54, 1.807) is 6.08 Å². The summed E-state index contributed by atoms with van der Waals surface area (Å²) < 4.78 is 4.60. The van der Waals surface area contributed by atoms with Crippen LogP contribution in [-0.2, 0) is 16.8 Å². The fraction of sp³-hybridized carbons (Fsp3) is 0.333. The SMILES string of the molecule is C=CC=CC.CC1=Cc2c(-c3ccccc3)cccc2[CH]1[Ti]([CH3])([CH3])[NH]C(C)(C)C.[SiH4]. The Morgan fingerprint density at radius 2 is 1.63 bits per heavy atom. The van der Waals surface area contributed by atoms with Crippen molar-refractivity contribution in [3.63, 3.8) is 0 Å². The van der Waals surface area contributed by atoms with Crippen LogP contribution >= 0.6 is 0 Å². The van der Waals surface area contributed by atoms with Crippen LogP contribution < -0.4 is 3.80 Å². The molecule has 0 amide bonds. The standard InChI is InChI=1S/C16H13.C5H8.C4H10N.2CH3.H4Si.Ti/c1-12-10-14-8-5-9-15(16(14)11-12)13-6-3-2-4-7-13;1-3-5-4-2;1-4(2,3)5;;;;/h2-11H,1H3;3-5H,1H2,2H3;5H,1-3H3;2*1H3;1H4;/q;;-1;;;;+1. The van der Waals surface area contributed by atoms with Crippen molar-refractivity contribution in [2.75, 3.05) is 0 Å². The van der Waals surface area contributed by atoms with Gasteiger partial charge in [-0.15, -0.1) is 0 Å². The number of allylic oxidation sites excluding steroid dienone is 4.